The highest BCUT2D eigenvalue weighted by atomic mass is 35.5. The van der Waals surface area contributed by atoms with Crippen LogP contribution in [-0.4, -0.2) is 65.2 Å². The lowest BCUT2D eigenvalue weighted by molar-refractivity contribution is 0.00590. The number of β-amino-alcohol motifs (C(OH)–C–C–N with tert-alkyl or cyclic N) is 1. The van der Waals surface area contributed by atoms with E-state index in [2.05, 4.69) is 11.9 Å². The molecule has 1 aliphatic heterocycles. The first kappa shape index (κ1) is 26.7. The van der Waals surface area contributed by atoms with Gasteiger partial charge in [0.25, 0.3) is 5.91 Å². The molecule has 9 nitrogen and oxygen atoms in total. The highest BCUT2D eigenvalue weighted by molar-refractivity contribution is 6.34. The fraction of sp³-hybridized carbons (Fsp3) is 0.312. The van der Waals surface area contributed by atoms with Crippen molar-refractivity contribution in [2.75, 3.05) is 13.1 Å². The Labute approximate surface area is 247 Å². The minimum atomic E-state index is -0.453. The van der Waals surface area contributed by atoms with E-state index in [0.717, 1.165) is 46.5 Å². The first-order valence-electron chi connectivity index (χ1n) is 14.1. The Hall–Kier alpha value is -4.21. The number of halogens is 1. The highest BCUT2D eigenvalue weighted by Crippen LogP contribution is 2.42. The van der Waals surface area contributed by atoms with E-state index in [-0.39, 0.29) is 22.9 Å². The number of benzene rings is 2. The number of aliphatic hydroxyl groups is 1. The number of imidazole rings is 1. The van der Waals surface area contributed by atoms with Crippen molar-refractivity contribution in [2.24, 2.45) is 5.41 Å². The predicted octanol–water partition coefficient (Wildman–Crippen LogP) is 4.93. The van der Waals surface area contributed by atoms with Crippen LogP contribution in [0.25, 0.3) is 22.2 Å². The van der Waals surface area contributed by atoms with Crippen molar-refractivity contribution in [2.45, 2.75) is 45.6 Å². The molecule has 7 rings (SSSR count). The number of hydrogen-bond acceptors (Lipinski definition) is 6. The quantitative estimate of drug-likeness (QED) is 0.284. The van der Waals surface area contributed by atoms with Crippen LogP contribution >= 0.6 is 11.6 Å². The van der Waals surface area contributed by atoms with Gasteiger partial charge in [0.15, 0.2) is 5.78 Å². The molecule has 2 aliphatic rings. The molecule has 1 amide bonds. The van der Waals surface area contributed by atoms with E-state index in [1.807, 2.05) is 29.7 Å². The summed E-state index contributed by atoms with van der Waals surface area (Å²) in [6.07, 6.45) is 3.75. The Balaban J connectivity index is 1.11. The summed E-state index contributed by atoms with van der Waals surface area (Å²) >= 11 is 6.70. The lowest BCUT2D eigenvalue weighted by atomic mass is 9.71. The summed E-state index contributed by atoms with van der Waals surface area (Å²) in [6, 6.07) is 14.3. The van der Waals surface area contributed by atoms with E-state index in [9.17, 15) is 19.8 Å². The Morgan fingerprint density at radius 3 is 2.69 bits per heavy atom. The molecule has 0 saturated carbocycles. The third-order valence-electron chi connectivity index (χ3n) is 8.76. The molecular weight excluding hydrogens is 554 g/mol. The van der Waals surface area contributed by atoms with Gasteiger partial charge in [-0.05, 0) is 80.1 Å². The van der Waals surface area contributed by atoms with Gasteiger partial charge in [-0.3, -0.25) is 14.2 Å². The predicted molar refractivity (Wildman–Crippen MR) is 159 cm³/mol. The number of hydrogen-bond donors (Lipinski definition) is 2. The van der Waals surface area contributed by atoms with Crippen molar-refractivity contribution in [3.05, 3.63) is 88.0 Å². The third kappa shape index (κ3) is 4.35. The van der Waals surface area contributed by atoms with Crippen molar-refractivity contribution >= 4 is 39.8 Å². The van der Waals surface area contributed by atoms with E-state index in [1.54, 1.807) is 46.1 Å². The molecule has 5 aromatic rings. The second-order valence-electron chi connectivity index (χ2n) is 12.0. The van der Waals surface area contributed by atoms with Gasteiger partial charge in [-0.25, -0.2) is 9.50 Å². The zero-order valence-corrected chi connectivity index (χ0v) is 24.1. The molecule has 42 heavy (non-hydrogen) atoms. The number of aromatic nitrogens is 4. The van der Waals surface area contributed by atoms with Crippen LogP contribution in [0, 0.1) is 12.3 Å². The van der Waals surface area contributed by atoms with Crippen molar-refractivity contribution in [1.29, 1.82) is 0 Å². The maximum atomic E-state index is 13.6. The molecule has 0 bridgehead atoms. The molecule has 1 saturated heterocycles. The van der Waals surface area contributed by atoms with E-state index < -0.39 is 6.10 Å². The van der Waals surface area contributed by atoms with Crippen molar-refractivity contribution in [3.63, 3.8) is 0 Å². The molecule has 0 spiro atoms. The van der Waals surface area contributed by atoms with E-state index >= 15 is 0 Å². The van der Waals surface area contributed by atoms with Crippen LogP contribution in [-0.2, 0) is 12.8 Å². The molecule has 0 unspecified atom stereocenters. The summed E-state index contributed by atoms with van der Waals surface area (Å²) in [4.78, 5) is 32.3. The fourth-order valence-electron chi connectivity index (χ4n) is 6.35. The molecule has 1 atom stereocenters. The number of aromatic hydroxyl groups is 1. The number of aryl methyl sites for hydroxylation is 2. The zero-order chi connectivity index (χ0) is 29.3. The zero-order valence-electron chi connectivity index (χ0n) is 23.3. The number of likely N-dealkylation sites (tertiary alicyclic amines) is 1. The van der Waals surface area contributed by atoms with Gasteiger partial charge in [0.05, 0.1) is 27.9 Å². The molecule has 4 heterocycles. The number of ketones is 1. The van der Waals surface area contributed by atoms with E-state index in [1.165, 1.54) is 0 Å². The van der Waals surface area contributed by atoms with Crippen LogP contribution in [0.1, 0.15) is 57.4 Å². The first-order chi connectivity index (χ1) is 20.1. The first-order valence-corrected chi connectivity index (χ1v) is 14.4. The molecule has 2 aromatic carbocycles. The average molecular weight is 584 g/mol. The third-order valence-corrected chi connectivity index (χ3v) is 9.07. The summed E-state index contributed by atoms with van der Waals surface area (Å²) < 4.78 is 3.68. The summed E-state index contributed by atoms with van der Waals surface area (Å²) in [5.74, 6) is 0.0533. The number of carbonyl (C=O) groups is 2. The molecule has 10 heteroatoms. The van der Waals surface area contributed by atoms with Crippen LogP contribution in [0.5, 0.6) is 5.75 Å². The number of carbonyl (C=O) groups excluding carboxylic acids is 2. The fourth-order valence-corrected chi connectivity index (χ4v) is 6.63. The minimum absolute atomic E-state index is 0.0240. The minimum Gasteiger partial charge on any atom is -0.506 e. The average Bonchev–Trinajstić information content (AvgIpc) is 3.54. The van der Waals surface area contributed by atoms with Gasteiger partial charge in [-0.15, -0.1) is 0 Å². The van der Waals surface area contributed by atoms with Crippen LogP contribution in [0.3, 0.4) is 0 Å². The van der Waals surface area contributed by atoms with Gasteiger partial charge in [0.1, 0.15) is 17.6 Å². The van der Waals surface area contributed by atoms with Crippen LogP contribution < -0.4 is 0 Å². The van der Waals surface area contributed by atoms with Gasteiger partial charge in [-0.1, -0.05) is 18.5 Å². The van der Waals surface area contributed by atoms with Crippen molar-refractivity contribution in [3.8, 4) is 11.4 Å². The summed E-state index contributed by atoms with van der Waals surface area (Å²) in [5.41, 5.74) is 6.61. The second kappa shape index (κ2) is 9.68. The van der Waals surface area contributed by atoms with Gasteiger partial charge in [0.2, 0.25) is 0 Å². The van der Waals surface area contributed by atoms with Gasteiger partial charge in [-0.2, -0.15) is 5.10 Å². The number of nitrogens with zero attached hydrogens (tertiary/aromatic N) is 5. The normalized spacial score (nSPS) is 18.8. The largest absolute Gasteiger partial charge is 0.506 e. The Morgan fingerprint density at radius 2 is 1.93 bits per heavy atom. The molecule has 3 aromatic heterocycles. The van der Waals surface area contributed by atoms with Gasteiger partial charge >= 0.3 is 0 Å². The van der Waals surface area contributed by atoms with Crippen LogP contribution in [0.15, 0.2) is 54.9 Å². The number of amides is 1. The summed E-state index contributed by atoms with van der Waals surface area (Å²) in [5, 5.41) is 25.2. The van der Waals surface area contributed by atoms with Crippen molar-refractivity contribution < 1.29 is 19.8 Å². The number of pyridine rings is 1. The maximum Gasteiger partial charge on any atom is 0.254 e. The van der Waals surface area contributed by atoms with Crippen LogP contribution in [0.2, 0.25) is 5.02 Å². The molecular formula is C32H30ClN5O4. The Bertz CT molecular complexity index is 1920. The molecule has 2 N–H and O–H groups in total. The number of Topliss-reactive ketones (excluding diaryl/α,β-unsaturated/α-hetero) is 1. The van der Waals surface area contributed by atoms with E-state index in [0.29, 0.717) is 47.6 Å². The lowest BCUT2D eigenvalue weighted by Crippen LogP contribution is -2.53. The van der Waals surface area contributed by atoms with Crippen molar-refractivity contribution in [1.82, 2.24) is 24.1 Å². The maximum absolute atomic E-state index is 13.6. The van der Waals surface area contributed by atoms with Crippen LogP contribution in [0.4, 0.5) is 0 Å². The smallest absolute Gasteiger partial charge is 0.254 e. The number of aliphatic hydroxyl groups excluding tert-OH is 1. The van der Waals surface area contributed by atoms with E-state index in [4.69, 9.17) is 16.7 Å². The number of fused-ring (bicyclic) bond motifs is 4. The lowest BCUT2D eigenvalue weighted by Gasteiger charge is -2.35. The highest BCUT2D eigenvalue weighted by Gasteiger charge is 2.36. The Kier molecular flexibility index (Phi) is 6.14. The molecule has 214 valence electrons. The number of rotatable bonds is 5. The van der Waals surface area contributed by atoms with Gasteiger partial charge in [0, 0.05) is 47.6 Å². The summed E-state index contributed by atoms with van der Waals surface area (Å²) in [7, 11) is 0. The summed E-state index contributed by atoms with van der Waals surface area (Å²) in [6.45, 7) is 4.77. The molecule has 0 radical (unpaired) electrons. The Morgan fingerprint density at radius 1 is 1.12 bits per heavy atom. The molecule has 1 fully saturated rings. The second-order valence-corrected chi connectivity index (χ2v) is 12.4. The van der Waals surface area contributed by atoms with Gasteiger partial charge < -0.3 is 15.1 Å². The SMILES string of the molecule is Cc1ccc(O)c2c3c(nn12)CC[C@@](C)(CC(=O)c1ccc(-n2cnc4cc(C(=O)N5CC(O)C5)ccc42)cc1Cl)C3. The standard InChI is InChI=1S/C32H30ClN5O4/c1-18-3-8-28(40)30-23-13-32(2,10-9-25(23)35-38(18)30)14-29(41)22-6-5-20(12-24(22)33)37-17-34-26-11-19(4-7-27(26)37)31(42)36-15-21(39)16-36/h3-8,11-12,17,21,39-40H,9-10,13-16H2,1-2H3/t32-/m1/s1. The monoisotopic (exact) mass is 583 g/mol. The molecule has 1 aliphatic carbocycles. The topological polar surface area (TPSA) is 113 Å².